The summed E-state index contributed by atoms with van der Waals surface area (Å²) in [6, 6.07) is 17.1. The van der Waals surface area contributed by atoms with Gasteiger partial charge in [-0.3, -0.25) is 4.68 Å². The molecule has 1 aromatic heterocycles. The van der Waals surface area contributed by atoms with E-state index in [2.05, 4.69) is 10.4 Å². The lowest BCUT2D eigenvalue weighted by Crippen LogP contribution is -2.44. The molecule has 1 aliphatic heterocycles. The maximum Gasteiger partial charge on any atom is 0.322 e. The Morgan fingerprint density at radius 2 is 1.96 bits per heavy atom. The third kappa shape index (κ3) is 4.52. The molecule has 6 nitrogen and oxygen atoms in total. The van der Waals surface area contributed by atoms with E-state index >= 15 is 0 Å². The van der Waals surface area contributed by atoms with E-state index in [9.17, 15) is 4.79 Å². The summed E-state index contributed by atoms with van der Waals surface area (Å²) in [5.41, 5.74) is 2.91. The lowest BCUT2D eigenvalue weighted by Gasteiger charge is -2.33. The standard InChI is InChI=1S/C21H21ClN4O2/c22-18-6-4-17(5-7-18)20-15-25(12-13-28-20)21(27)24-19-8-2-16(3-9-19)14-26-11-1-10-23-26/h1-11,20H,12-15H2,(H,24,27). The third-order valence-electron chi connectivity index (χ3n) is 4.70. The molecule has 0 aliphatic carbocycles. The molecule has 1 fully saturated rings. The van der Waals surface area contributed by atoms with Crippen LogP contribution in [0.15, 0.2) is 67.0 Å². The number of rotatable bonds is 4. The van der Waals surface area contributed by atoms with Gasteiger partial charge in [-0.2, -0.15) is 5.10 Å². The van der Waals surface area contributed by atoms with Crippen molar-refractivity contribution in [3.05, 3.63) is 83.1 Å². The van der Waals surface area contributed by atoms with Crippen molar-refractivity contribution in [1.82, 2.24) is 14.7 Å². The first-order chi connectivity index (χ1) is 13.7. The largest absolute Gasteiger partial charge is 0.370 e. The number of amides is 2. The van der Waals surface area contributed by atoms with Crippen LogP contribution in [0.4, 0.5) is 10.5 Å². The Morgan fingerprint density at radius 3 is 2.68 bits per heavy atom. The second-order valence-electron chi connectivity index (χ2n) is 6.69. The van der Waals surface area contributed by atoms with Gasteiger partial charge in [0.15, 0.2) is 0 Å². The van der Waals surface area contributed by atoms with Crippen LogP contribution in [0.1, 0.15) is 17.2 Å². The Bertz CT molecular complexity index is 911. The molecule has 28 heavy (non-hydrogen) atoms. The van der Waals surface area contributed by atoms with Gasteiger partial charge in [-0.1, -0.05) is 35.9 Å². The molecule has 2 heterocycles. The molecular formula is C21H21ClN4O2. The van der Waals surface area contributed by atoms with Crippen LogP contribution in [0, 0.1) is 0 Å². The fourth-order valence-corrected chi connectivity index (χ4v) is 3.32. The van der Waals surface area contributed by atoms with Gasteiger partial charge in [0.1, 0.15) is 6.10 Å². The SMILES string of the molecule is O=C(Nc1ccc(Cn2cccn2)cc1)N1CCOC(c2ccc(Cl)cc2)C1. The van der Waals surface area contributed by atoms with Crippen LogP contribution in [0.5, 0.6) is 0 Å². The lowest BCUT2D eigenvalue weighted by atomic mass is 10.1. The summed E-state index contributed by atoms with van der Waals surface area (Å²) in [6.07, 6.45) is 3.53. The first-order valence-electron chi connectivity index (χ1n) is 9.17. The predicted octanol–water partition coefficient (Wildman–Crippen LogP) is 4.19. The second kappa shape index (κ2) is 8.46. The number of nitrogens with zero attached hydrogens (tertiary/aromatic N) is 3. The van der Waals surface area contributed by atoms with Crippen LogP contribution < -0.4 is 5.32 Å². The maximum absolute atomic E-state index is 12.7. The van der Waals surface area contributed by atoms with E-state index in [1.807, 2.05) is 65.5 Å². The number of anilines is 1. The number of carbonyl (C=O) groups excluding carboxylic acids is 1. The summed E-state index contributed by atoms with van der Waals surface area (Å²) < 4.78 is 7.69. The van der Waals surface area contributed by atoms with Gasteiger partial charge in [0.25, 0.3) is 0 Å². The molecule has 1 unspecified atom stereocenters. The molecule has 0 saturated carbocycles. The molecule has 0 bridgehead atoms. The summed E-state index contributed by atoms with van der Waals surface area (Å²) in [5, 5.41) is 7.85. The Morgan fingerprint density at radius 1 is 1.18 bits per heavy atom. The second-order valence-corrected chi connectivity index (χ2v) is 7.12. The number of hydrogen-bond donors (Lipinski definition) is 1. The van der Waals surface area contributed by atoms with E-state index in [4.69, 9.17) is 16.3 Å². The number of morpholine rings is 1. The normalized spacial score (nSPS) is 16.8. The highest BCUT2D eigenvalue weighted by Gasteiger charge is 2.25. The highest BCUT2D eigenvalue weighted by molar-refractivity contribution is 6.30. The molecule has 0 spiro atoms. The number of nitrogens with one attached hydrogen (secondary N) is 1. The molecule has 1 N–H and O–H groups in total. The van der Waals surface area contributed by atoms with E-state index < -0.39 is 0 Å². The van der Waals surface area contributed by atoms with Crippen molar-refractivity contribution >= 4 is 23.3 Å². The number of urea groups is 1. The van der Waals surface area contributed by atoms with E-state index in [1.54, 1.807) is 11.1 Å². The number of halogens is 1. The zero-order valence-electron chi connectivity index (χ0n) is 15.3. The minimum Gasteiger partial charge on any atom is -0.370 e. The van der Waals surface area contributed by atoms with E-state index in [0.717, 1.165) is 16.8 Å². The quantitative estimate of drug-likeness (QED) is 0.719. The summed E-state index contributed by atoms with van der Waals surface area (Å²) in [4.78, 5) is 14.4. The maximum atomic E-state index is 12.7. The Hall–Kier alpha value is -2.83. The Kier molecular flexibility index (Phi) is 5.60. The van der Waals surface area contributed by atoms with Crippen molar-refractivity contribution in [2.75, 3.05) is 25.0 Å². The Labute approximate surface area is 168 Å². The van der Waals surface area contributed by atoms with Gasteiger partial charge in [0, 0.05) is 29.6 Å². The summed E-state index contributed by atoms with van der Waals surface area (Å²) in [6.45, 7) is 2.27. The van der Waals surface area contributed by atoms with Crippen LogP contribution in [0.25, 0.3) is 0 Å². The van der Waals surface area contributed by atoms with Crippen LogP contribution in [0.3, 0.4) is 0 Å². The highest BCUT2D eigenvalue weighted by Crippen LogP contribution is 2.24. The van der Waals surface area contributed by atoms with Gasteiger partial charge in [-0.05, 0) is 41.5 Å². The van der Waals surface area contributed by atoms with Crippen LogP contribution in [0.2, 0.25) is 5.02 Å². The van der Waals surface area contributed by atoms with Crippen molar-refractivity contribution < 1.29 is 9.53 Å². The van der Waals surface area contributed by atoms with Gasteiger partial charge in [-0.15, -0.1) is 0 Å². The van der Waals surface area contributed by atoms with Crippen LogP contribution in [-0.2, 0) is 11.3 Å². The first kappa shape index (κ1) is 18.5. The molecule has 1 aliphatic rings. The van der Waals surface area contributed by atoms with Crippen molar-refractivity contribution in [2.45, 2.75) is 12.6 Å². The van der Waals surface area contributed by atoms with Gasteiger partial charge >= 0.3 is 6.03 Å². The van der Waals surface area contributed by atoms with Crippen LogP contribution >= 0.6 is 11.6 Å². The summed E-state index contributed by atoms with van der Waals surface area (Å²) >= 11 is 5.95. The fourth-order valence-electron chi connectivity index (χ4n) is 3.19. The van der Waals surface area contributed by atoms with Crippen molar-refractivity contribution in [1.29, 1.82) is 0 Å². The smallest absolute Gasteiger partial charge is 0.322 e. The average molecular weight is 397 g/mol. The highest BCUT2D eigenvalue weighted by atomic mass is 35.5. The van der Waals surface area contributed by atoms with E-state index in [-0.39, 0.29) is 12.1 Å². The first-order valence-corrected chi connectivity index (χ1v) is 9.54. The minimum absolute atomic E-state index is 0.123. The molecule has 0 radical (unpaired) electrons. The third-order valence-corrected chi connectivity index (χ3v) is 4.96. The molecule has 4 rings (SSSR count). The molecule has 144 valence electrons. The summed E-state index contributed by atoms with van der Waals surface area (Å²) in [7, 11) is 0. The topological polar surface area (TPSA) is 59.4 Å². The van der Waals surface area contributed by atoms with Gasteiger partial charge in [0.05, 0.1) is 19.7 Å². The van der Waals surface area contributed by atoms with Crippen molar-refractivity contribution in [2.24, 2.45) is 0 Å². The van der Waals surface area contributed by atoms with E-state index in [0.29, 0.717) is 31.3 Å². The van der Waals surface area contributed by atoms with Crippen molar-refractivity contribution in [3.63, 3.8) is 0 Å². The fraction of sp³-hybridized carbons (Fsp3) is 0.238. The minimum atomic E-state index is -0.145. The van der Waals surface area contributed by atoms with Crippen LogP contribution in [-0.4, -0.2) is 40.4 Å². The molecular weight excluding hydrogens is 376 g/mol. The summed E-state index contributed by atoms with van der Waals surface area (Å²) in [5.74, 6) is 0. The Balaban J connectivity index is 1.35. The van der Waals surface area contributed by atoms with Gasteiger partial charge in [0.2, 0.25) is 0 Å². The van der Waals surface area contributed by atoms with Gasteiger partial charge in [-0.25, -0.2) is 4.79 Å². The predicted molar refractivity (Wildman–Crippen MR) is 109 cm³/mol. The number of aromatic nitrogens is 2. The monoisotopic (exact) mass is 396 g/mol. The van der Waals surface area contributed by atoms with Gasteiger partial charge < -0.3 is 15.0 Å². The average Bonchev–Trinajstić information content (AvgIpc) is 3.23. The molecule has 7 heteroatoms. The van der Waals surface area contributed by atoms with Crippen molar-refractivity contribution in [3.8, 4) is 0 Å². The molecule has 1 saturated heterocycles. The zero-order chi connectivity index (χ0) is 19.3. The number of ether oxygens (including phenoxy) is 1. The molecule has 1 atom stereocenters. The molecule has 3 aromatic rings. The van der Waals surface area contributed by atoms with E-state index in [1.165, 1.54) is 0 Å². The number of hydrogen-bond acceptors (Lipinski definition) is 3. The zero-order valence-corrected chi connectivity index (χ0v) is 16.0. The lowest BCUT2D eigenvalue weighted by molar-refractivity contribution is -0.0135. The molecule has 2 amide bonds. The number of benzene rings is 2. The number of carbonyl (C=O) groups is 1. The molecule has 2 aromatic carbocycles.